The first kappa shape index (κ1) is 16.3. The van der Waals surface area contributed by atoms with Crippen LogP contribution in [-0.2, 0) is 14.6 Å². The van der Waals surface area contributed by atoms with E-state index in [4.69, 9.17) is 4.74 Å². The molecule has 118 valence electrons. The maximum atomic E-state index is 11.7. The third-order valence-corrected chi connectivity index (χ3v) is 5.08. The van der Waals surface area contributed by atoms with Crippen LogP contribution in [0.15, 0.2) is 23.1 Å². The van der Waals surface area contributed by atoms with Crippen molar-refractivity contribution in [2.45, 2.75) is 56.6 Å². The van der Waals surface area contributed by atoms with Gasteiger partial charge in [0.1, 0.15) is 0 Å². The average molecular weight is 311 g/mol. The van der Waals surface area contributed by atoms with Gasteiger partial charge in [0.05, 0.1) is 11.0 Å². The molecule has 1 saturated heterocycles. The molecule has 4 nitrogen and oxygen atoms in total. The molecule has 0 saturated carbocycles. The second kappa shape index (κ2) is 6.79. The van der Waals surface area contributed by atoms with E-state index < -0.39 is 9.84 Å². The van der Waals surface area contributed by atoms with Crippen LogP contribution in [0.5, 0.6) is 0 Å². The van der Waals surface area contributed by atoms with Crippen molar-refractivity contribution in [3.8, 4) is 0 Å². The molecule has 1 aliphatic heterocycles. The van der Waals surface area contributed by atoms with E-state index in [9.17, 15) is 8.42 Å². The van der Waals surface area contributed by atoms with Gasteiger partial charge in [-0.1, -0.05) is 19.4 Å². The number of ether oxygens (including phenoxy) is 1. The zero-order valence-electron chi connectivity index (χ0n) is 13.1. The molecule has 0 spiro atoms. The molecule has 2 rings (SSSR count). The Balaban J connectivity index is 2.12. The van der Waals surface area contributed by atoms with Gasteiger partial charge >= 0.3 is 0 Å². The van der Waals surface area contributed by atoms with E-state index in [1.54, 1.807) is 12.1 Å². The van der Waals surface area contributed by atoms with Gasteiger partial charge < -0.3 is 10.1 Å². The molecular formula is C16H25NO3S. The Labute approximate surface area is 127 Å². The van der Waals surface area contributed by atoms with Crippen LogP contribution < -0.4 is 5.32 Å². The monoisotopic (exact) mass is 311 g/mol. The SMILES string of the molecule is CCCC1CC(Nc2cc(S(C)(=O)=O)ccc2C)CCO1. The molecule has 0 radical (unpaired) electrons. The lowest BCUT2D eigenvalue weighted by molar-refractivity contribution is 0.00597. The van der Waals surface area contributed by atoms with Gasteiger partial charge in [-0.05, 0) is 43.9 Å². The molecule has 1 aromatic carbocycles. The minimum atomic E-state index is -3.17. The number of benzene rings is 1. The highest BCUT2D eigenvalue weighted by Crippen LogP contribution is 2.25. The number of sulfone groups is 1. The molecule has 1 heterocycles. The van der Waals surface area contributed by atoms with Crippen LogP contribution in [0.25, 0.3) is 0 Å². The maximum Gasteiger partial charge on any atom is 0.175 e. The first-order chi connectivity index (χ1) is 9.90. The lowest BCUT2D eigenvalue weighted by Gasteiger charge is -2.31. The van der Waals surface area contributed by atoms with Crippen molar-refractivity contribution in [1.82, 2.24) is 0 Å². The zero-order valence-corrected chi connectivity index (χ0v) is 13.9. The number of hydrogen-bond acceptors (Lipinski definition) is 4. The largest absolute Gasteiger partial charge is 0.382 e. The summed E-state index contributed by atoms with van der Waals surface area (Å²) in [5, 5.41) is 3.51. The summed E-state index contributed by atoms with van der Waals surface area (Å²) in [4.78, 5) is 0.368. The van der Waals surface area contributed by atoms with Crippen molar-refractivity contribution >= 4 is 15.5 Å². The van der Waals surface area contributed by atoms with E-state index in [2.05, 4.69) is 12.2 Å². The van der Waals surface area contributed by atoms with E-state index in [0.717, 1.165) is 43.5 Å². The first-order valence-corrected chi connectivity index (χ1v) is 9.48. The highest BCUT2D eigenvalue weighted by atomic mass is 32.2. The van der Waals surface area contributed by atoms with Gasteiger partial charge in [0.15, 0.2) is 9.84 Å². The number of nitrogens with one attached hydrogen (secondary N) is 1. The van der Waals surface area contributed by atoms with Crippen molar-refractivity contribution in [3.05, 3.63) is 23.8 Å². The van der Waals surface area contributed by atoms with Crippen molar-refractivity contribution in [3.63, 3.8) is 0 Å². The third-order valence-electron chi connectivity index (χ3n) is 3.97. The molecule has 1 fully saturated rings. The Morgan fingerprint density at radius 2 is 2.14 bits per heavy atom. The predicted molar refractivity (Wildman–Crippen MR) is 85.6 cm³/mol. The maximum absolute atomic E-state index is 11.7. The van der Waals surface area contributed by atoms with E-state index in [1.807, 2.05) is 13.0 Å². The van der Waals surface area contributed by atoms with Gasteiger partial charge in [0, 0.05) is 24.6 Å². The minimum absolute atomic E-state index is 0.319. The van der Waals surface area contributed by atoms with E-state index in [-0.39, 0.29) is 0 Å². The van der Waals surface area contributed by atoms with E-state index in [1.165, 1.54) is 6.26 Å². The molecule has 21 heavy (non-hydrogen) atoms. The molecule has 2 unspecified atom stereocenters. The molecule has 1 aliphatic rings. The molecule has 1 N–H and O–H groups in total. The van der Waals surface area contributed by atoms with Crippen LogP contribution in [0.2, 0.25) is 0 Å². The summed E-state index contributed by atoms with van der Waals surface area (Å²) in [5.74, 6) is 0. The fourth-order valence-electron chi connectivity index (χ4n) is 2.74. The van der Waals surface area contributed by atoms with Gasteiger partial charge in [0.2, 0.25) is 0 Å². The molecule has 0 bridgehead atoms. The Bertz CT molecular complexity index is 581. The summed E-state index contributed by atoms with van der Waals surface area (Å²) in [6, 6.07) is 5.62. The Kier molecular flexibility index (Phi) is 5.27. The fraction of sp³-hybridized carbons (Fsp3) is 0.625. The van der Waals surface area contributed by atoms with E-state index >= 15 is 0 Å². The van der Waals surface area contributed by atoms with Crippen LogP contribution in [-0.4, -0.2) is 33.4 Å². The van der Waals surface area contributed by atoms with Crippen LogP contribution in [0.1, 0.15) is 38.2 Å². The standard InChI is InChI=1S/C16H25NO3S/c1-4-5-14-10-13(8-9-20-14)17-16-11-15(21(3,18)19)7-6-12(16)2/h6-7,11,13-14,17H,4-5,8-10H2,1-3H3. The van der Waals surface area contributed by atoms with Crippen molar-refractivity contribution < 1.29 is 13.2 Å². The summed E-state index contributed by atoms with van der Waals surface area (Å²) in [7, 11) is -3.17. The van der Waals surface area contributed by atoms with Crippen LogP contribution in [0.4, 0.5) is 5.69 Å². The van der Waals surface area contributed by atoms with Gasteiger partial charge in [-0.15, -0.1) is 0 Å². The molecule has 0 amide bonds. The number of anilines is 1. The van der Waals surface area contributed by atoms with Gasteiger partial charge in [-0.2, -0.15) is 0 Å². The molecule has 2 atom stereocenters. The smallest absolute Gasteiger partial charge is 0.175 e. The third kappa shape index (κ3) is 4.45. The van der Waals surface area contributed by atoms with Crippen molar-refractivity contribution in [2.24, 2.45) is 0 Å². The molecule has 1 aromatic rings. The Morgan fingerprint density at radius 3 is 2.81 bits per heavy atom. The second-order valence-corrected chi connectivity index (χ2v) is 7.91. The highest BCUT2D eigenvalue weighted by molar-refractivity contribution is 7.90. The molecule has 5 heteroatoms. The van der Waals surface area contributed by atoms with Crippen LogP contribution in [0, 0.1) is 6.92 Å². The number of rotatable bonds is 5. The fourth-order valence-corrected chi connectivity index (χ4v) is 3.39. The number of aryl methyl sites for hydroxylation is 1. The van der Waals surface area contributed by atoms with Gasteiger partial charge in [0.25, 0.3) is 0 Å². The quantitative estimate of drug-likeness (QED) is 0.907. The first-order valence-electron chi connectivity index (χ1n) is 7.59. The van der Waals surface area contributed by atoms with Gasteiger partial charge in [-0.3, -0.25) is 0 Å². The summed E-state index contributed by atoms with van der Waals surface area (Å²) in [6.07, 6.45) is 5.71. The van der Waals surface area contributed by atoms with Crippen molar-refractivity contribution in [1.29, 1.82) is 0 Å². The Hall–Kier alpha value is -1.07. The lowest BCUT2D eigenvalue weighted by atomic mass is 9.99. The summed E-state index contributed by atoms with van der Waals surface area (Å²) in [6.45, 7) is 4.94. The Morgan fingerprint density at radius 1 is 1.38 bits per heavy atom. The minimum Gasteiger partial charge on any atom is -0.382 e. The lowest BCUT2D eigenvalue weighted by Crippen LogP contribution is -2.34. The predicted octanol–water partition coefficient (Wildman–Crippen LogP) is 3.16. The van der Waals surface area contributed by atoms with E-state index in [0.29, 0.717) is 17.0 Å². The second-order valence-electron chi connectivity index (χ2n) is 5.90. The number of hydrogen-bond donors (Lipinski definition) is 1. The molecule has 0 aliphatic carbocycles. The molecule has 0 aromatic heterocycles. The summed E-state index contributed by atoms with van der Waals surface area (Å²) in [5.41, 5.74) is 1.99. The summed E-state index contributed by atoms with van der Waals surface area (Å²) >= 11 is 0. The van der Waals surface area contributed by atoms with Gasteiger partial charge in [-0.25, -0.2) is 8.42 Å². The van der Waals surface area contributed by atoms with Crippen LogP contribution >= 0.6 is 0 Å². The zero-order chi connectivity index (χ0) is 15.5. The summed E-state index contributed by atoms with van der Waals surface area (Å²) < 4.78 is 29.1. The molecular weight excluding hydrogens is 286 g/mol. The van der Waals surface area contributed by atoms with Crippen molar-refractivity contribution in [2.75, 3.05) is 18.2 Å². The van der Waals surface area contributed by atoms with Crippen LogP contribution in [0.3, 0.4) is 0 Å². The normalized spacial score (nSPS) is 23.0. The highest BCUT2D eigenvalue weighted by Gasteiger charge is 2.22. The topological polar surface area (TPSA) is 55.4 Å². The average Bonchev–Trinajstić information content (AvgIpc) is 2.41.